The number of benzene rings is 2. The van der Waals surface area contributed by atoms with E-state index in [1.165, 1.54) is 12.1 Å². The molecule has 2 aromatic rings. The molecule has 3 rings (SSSR count). The third-order valence-electron chi connectivity index (χ3n) is 4.32. The van der Waals surface area contributed by atoms with Crippen LogP contribution < -0.4 is 5.32 Å². The molecule has 1 aliphatic heterocycles. The molecular formula is C18H18ClNO4. The van der Waals surface area contributed by atoms with Crippen molar-refractivity contribution < 1.29 is 20.1 Å². The number of fused-ring (bicyclic) bond motifs is 1. The molecule has 0 radical (unpaired) electrons. The second-order valence-electron chi connectivity index (χ2n) is 6.27. The number of hydrogen-bond acceptors (Lipinski definition) is 5. The van der Waals surface area contributed by atoms with Crippen molar-refractivity contribution in [1.82, 2.24) is 5.32 Å². The first-order valence-corrected chi connectivity index (χ1v) is 8.02. The summed E-state index contributed by atoms with van der Waals surface area (Å²) in [5.74, 6) is -1.13. The van der Waals surface area contributed by atoms with E-state index in [9.17, 15) is 20.1 Å². The smallest absolute Gasteiger partial charge is 0.188 e. The van der Waals surface area contributed by atoms with Crippen molar-refractivity contribution >= 4 is 17.4 Å². The summed E-state index contributed by atoms with van der Waals surface area (Å²) < 4.78 is 0. The van der Waals surface area contributed by atoms with Gasteiger partial charge in [0.2, 0.25) is 0 Å². The molecule has 0 amide bonds. The van der Waals surface area contributed by atoms with E-state index in [-0.39, 0.29) is 33.8 Å². The molecule has 6 heteroatoms. The van der Waals surface area contributed by atoms with Gasteiger partial charge in [-0.05, 0) is 46.9 Å². The van der Waals surface area contributed by atoms with Gasteiger partial charge in [0, 0.05) is 6.54 Å². The summed E-state index contributed by atoms with van der Waals surface area (Å²) in [5, 5.41) is 33.1. The van der Waals surface area contributed by atoms with Crippen molar-refractivity contribution in [1.29, 1.82) is 0 Å². The summed E-state index contributed by atoms with van der Waals surface area (Å²) in [4.78, 5) is 12.9. The summed E-state index contributed by atoms with van der Waals surface area (Å²) in [6.07, 6.45) is 0. The average Bonchev–Trinajstić information content (AvgIpc) is 2.92. The number of aromatic hydroxyl groups is 3. The summed E-state index contributed by atoms with van der Waals surface area (Å²) in [6.45, 7) is 4.30. The Hall–Kier alpha value is -2.24. The normalized spacial score (nSPS) is 16.4. The number of ketones is 1. The van der Waals surface area contributed by atoms with Crippen molar-refractivity contribution in [2.24, 2.45) is 0 Å². The molecule has 1 atom stereocenters. The first-order valence-electron chi connectivity index (χ1n) is 7.64. The lowest BCUT2D eigenvalue weighted by atomic mass is 9.93. The van der Waals surface area contributed by atoms with Gasteiger partial charge in [-0.25, -0.2) is 0 Å². The van der Waals surface area contributed by atoms with Crippen molar-refractivity contribution in [2.75, 3.05) is 0 Å². The molecule has 0 aliphatic carbocycles. The van der Waals surface area contributed by atoms with Crippen LogP contribution >= 0.6 is 11.6 Å². The largest absolute Gasteiger partial charge is 0.506 e. The van der Waals surface area contributed by atoms with Crippen molar-refractivity contribution in [3.05, 3.63) is 51.5 Å². The number of halogens is 1. The fourth-order valence-electron chi connectivity index (χ4n) is 2.91. The van der Waals surface area contributed by atoms with Crippen LogP contribution in [0.3, 0.4) is 0 Å². The van der Waals surface area contributed by atoms with Crippen LogP contribution in [0, 0.1) is 0 Å². The lowest BCUT2D eigenvalue weighted by Crippen LogP contribution is -2.22. The Morgan fingerprint density at radius 1 is 1.17 bits per heavy atom. The molecule has 0 saturated heterocycles. The van der Waals surface area contributed by atoms with Crippen LogP contribution in [0.5, 0.6) is 17.2 Å². The van der Waals surface area contributed by atoms with E-state index in [2.05, 4.69) is 5.32 Å². The molecule has 24 heavy (non-hydrogen) atoms. The quantitative estimate of drug-likeness (QED) is 0.503. The van der Waals surface area contributed by atoms with Crippen LogP contribution in [0.2, 0.25) is 5.02 Å². The van der Waals surface area contributed by atoms with Crippen LogP contribution in [0.15, 0.2) is 24.3 Å². The maximum absolute atomic E-state index is 12.9. The molecule has 5 nitrogen and oxygen atoms in total. The van der Waals surface area contributed by atoms with Crippen molar-refractivity contribution in [3.63, 3.8) is 0 Å². The highest BCUT2D eigenvalue weighted by atomic mass is 35.5. The highest BCUT2D eigenvalue weighted by Gasteiger charge is 2.32. The molecule has 126 valence electrons. The summed E-state index contributed by atoms with van der Waals surface area (Å²) in [7, 11) is 0. The minimum atomic E-state index is -0.712. The molecule has 1 aliphatic rings. The summed E-state index contributed by atoms with van der Waals surface area (Å²) >= 11 is 5.90. The van der Waals surface area contributed by atoms with E-state index in [0.717, 1.165) is 11.1 Å². The molecule has 0 spiro atoms. The fourth-order valence-corrected chi connectivity index (χ4v) is 3.10. The van der Waals surface area contributed by atoms with E-state index >= 15 is 0 Å². The molecule has 2 aromatic carbocycles. The van der Waals surface area contributed by atoms with Gasteiger partial charge in [-0.1, -0.05) is 25.4 Å². The summed E-state index contributed by atoms with van der Waals surface area (Å²) in [5.41, 5.74) is 2.25. The number of carbonyl (C=O) groups excluding carboxylic acids is 1. The van der Waals surface area contributed by atoms with Crippen LogP contribution in [-0.4, -0.2) is 21.1 Å². The van der Waals surface area contributed by atoms with E-state index in [1.54, 1.807) is 12.1 Å². The molecule has 1 heterocycles. The van der Waals surface area contributed by atoms with Crippen molar-refractivity contribution in [2.45, 2.75) is 32.4 Å². The van der Waals surface area contributed by atoms with Gasteiger partial charge in [0.15, 0.2) is 17.3 Å². The fraction of sp³-hybridized carbons (Fsp3) is 0.278. The minimum absolute atomic E-state index is 0.0542. The van der Waals surface area contributed by atoms with Gasteiger partial charge in [-0.15, -0.1) is 0 Å². The van der Waals surface area contributed by atoms with Gasteiger partial charge in [0.1, 0.15) is 5.75 Å². The first-order chi connectivity index (χ1) is 11.3. The Balaban J connectivity index is 2.05. The SMILES string of the molecule is CC(C)c1cc(O)c(O)c(C(=O)C2NCc3cc(Cl)c(O)cc32)c1. The highest BCUT2D eigenvalue weighted by Crippen LogP contribution is 2.39. The molecule has 4 N–H and O–H groups in total. The van der Waals surface area contributed by atoms with Gasteiger partial charge in [0.05, 0.1) is 16.6 Å². The lowest BCUT2D eigenvalue weighted by molar-refractivity contribution is 0.0944. The number of phenols is 3. The van der Waals surface area contributed by atoms with Gasteiger partial charge in [-0.3, -0.25) is 10.1 Å². The maximum atomic E-state index is 12.9. The Bertz CT molecular complexity index is 832. The average molecular weight is 348 g/mol. The predicted octanol–water partition coefficient (Wildman–Crippen LogP) is 3.61. The Labute approximate surface area is 144 Å². The number of Topliss-reactive ketones (excluding diaryl/α,β-unsaturated/α-hetero) is 1. The Kier molecular flexibility index (Phi) is 4.15. The maximum Gasteiger partial charge on any atom is 0.188 e. The zero-order valence-corrected chi connectivity index (χ0v) is 14.1. The number of rotatable bonds is 3. The molecule has 0 bridgehead atoms. The number of carbonyl (C=O) groups is 1. The van der Waals surface area contributed by atoms with E-state index in [0.29, 0.717) is 12.1 Å². The minimum Gasteiger partial charge on any atom is -0.506 e. The zero-order valence-electron chi connectivity index (χ0n) is 13.3. The highest BCUT2D eigenvalue weighted by molar-refractivity contribution is 6.32. The molecule has 0 saturated carbocycles. The third kappa shape index (κ3) is 2.70. The summed E-state index contributed by atoms with van der Waals surface area (Å²) in [6, 6.07) is 5.42. The monoisotopic (exact) mass is 347 g/mol. The van der Waals surface area contributed by atoms with Crippen LogP contribution in [0.1, 0.15) is 52.9 Å². The van der Waals surface area contributed by atoms with Crippen LogP contribution in [-0.2, 0) is 6.54 Å². The Morgan fingerprint density at radius 3 is 2.54 bits per heavy atom. The number of hydrogen-bond donors (Lipinski definition) is 4. The zero-order chi connectivity index (χ0) is 17.6. The molecule has 1 unspecified atom stereocenters. The first kappa shape index (κ1) is 16.6. The van der Waals surface area contributed by atoms with Crippen LogP contribution in [0.4, 0.5) is 0 Å². The van der Waals surface area contributed by atoms with E-state index in [1.807, 2.05) is 13.8 Å². The Morgan fingerprint density at radius 2 is 1.88 bits per heavy atom. The van der Waals surface area contributed by atoms with Gasteiger partial charge < -0.3 is 15.3 Å². The second-order valence-corrected chi connectivity index (χ2v) is 6.68. The number of nitrogens with one attached hydrogen (secondary N) is 1. The van der Waals surface area contributed by atoms with Crippen molar-refractivity contribution in [3.8, 4) is 17.2 Å². The third-order valence-corrected chi connectivity index (χ3v) is 4.63. The molecular weight excluding hydrogens is 330 g/mol. The molecule has 0 fully saturated rings. The van der Waals surface area contributed by atoms with Gasteiger partial charge in [0.25, 0.3) is 0 Å². The van der Waals surface area contributed by atoms with Crippen LogP contribution in [0.25, 0.3) is 0 Å². The van der Waals surface area contributed by atoms with Gasteiger partial charge >= 0.3 is 0 Å². The topological polar surface area (TPSA) is 89.8 Å². The standard InChI is InChI=1S/C18H18ClNO4/c1-8(2)9-3-12(17(23)15(22)5-9)18(24)16-11-6-14(21)13(19)4-10(11)7-20-16/h3-6,8,16,20-23H,7H2,1-2H3. The molecule has 0 aromatic heterocycles. The van der Waals surface area contributed by atoms with Gasteiger partial charge in [-0.2, -0.15) is 0 Å². The second kappa shape index (κ2) is 6.00. The van der Waals surface area contributed by atoms with E-state index in [4.69, 9.17) is 11.6 Å². The number of phenolic OH excluding ortho intramolecular Hbond substituents is 3. The predicted molar refractivity (Wildman–Crippen MR) is 90.9 cm³/mol. The lowest BCUT2D eigenvalue weighted by Gasteiger charge is -2.16. The van der Waals surface area contributed by atoms with E-state index < -0.39 is 11.8 Å².